The average Bonchev–Trinajstić information content (AvgIpc) is 2.68. The number of ether oxygens (including phenoxy) is 1. The fraction of sp³-hybridized carbons (Fsp3) is 0. The molecule has 82 valence electrons. The summed E-state index contributed by atoms with van der Waals surface area (Å²) in [5, 5.41) is 0. The lowest BCUT2D eigenvalue weighted by atomic mass is 10.3. The molecule has 0 fully saturated rings. The van der Waals surface area contributed by atoms with Crippen LogP contribution in [0.25, 0.3) is 0 Å². The third-order valence-electron chi connectivity index (χ3n) is 1.80. The van der Waals surface area contributed by atoms with E-state index in [-0.39, 0.29) is 5.97 Å². The molecule has 0 amide bonds. The Labute approximate surface area is 119 Å². The van der Waals surface area contributed by atoms with Gasteiger partial charge in [-0.3, -0.25) is 0 Å². The van der Waals surface area contributed by atoms with Crippen molar-refractivity contribution in [2.24, 2.45) is 0 Å². The van der Waals surface area contributed by atoms with Gasteiger partial charge in [-0.25, -0.2) is 4.79 Å². The fourth-order valence-corrected chi connectivity index (χ4v) is 2.71. The summed E-state index contributed by atoms with van der Waals surface area (Å²) in [6, 6.07) is 10.9. The van der Waals surface area contributed by atoms with Gasteiger partial charge in [0.15, 0.2) is 0 Å². The molecule has 0 aliphatic rings. The van der Waals surface area contributed by atoms with Crippen molar-refractivity contribution in [2.45, 2.75) is 0 Å². The van der Waals surface area contributed by atoms with Gasteiger partial charge in [0.1, 0.15) is 10.6 Å². The minimum Gasteiger partial charge on any atom is -0.422 e. The zero-order valence-electron chi connectivity index (χ0n) is 7.94. The van der Waals surface area contributed by atoms with E-state index < -0.39 is 0 Å². The maximum atomic E-state index is 11.7. The van der Waals surface area contributed by atoms with Crippen molar-refractivity contribution in [2.75, 3.05) is 0 Å². The molecule has 0 saturated carbocycles. The molecule has 0 atom stereocenters. The van der Waals surface area contributed by atoms with E-state index in [1.54, 1.807) is 18.2 Å². The van der Waals surface area contributed by atoms with E-state index in [1.807, 2.05) is 18.2 Å². The van der Waals surface area contributed by atoms with Crippen LogP contribution in [0, 0.1) is 3.57 Å². The Morgan fingerprint density at radius 2 is 1.88 bits per heavy atom. The van der Waals surface area contributed by atoms with E-state index >= 15 is 0 Å². The van der Waals surface area contributed by atoms with Gasteiger partial charge in [0.2, 0.25) is 0 Å². The standard InChI is InChI=1S/C11H6BrIO2S/c12-10-6-5-9(16-10)11(14)15-8-3-1-7(13)2-4-8/h1-6H. The molecule has 2 aromatic rings. The number of thiophene rings is 1. The lowest BCUT2D eigenvalue weighted by molar-refractivity contribution is 0.0740. The van der Waals surface area contributed by atoms with Crippen LogP contribution in [-0.2, 0) is 0 Å². The number of rotatable bonds is 2. The lowest BCUT2D eigenvalue weighted by Crippen LogP contribution is -2.05. The van der Waals surface area contributed by atoms with Crippen LogP contribution in [0.5, 0.6) is 5.75 Å². The summed E-state index contributed by atoms with van der Waals surface area (Å²) >= 11 is 6.86. The highest BCUT2D eigenvalue weighted by molar-refractivity contribution is 14.1. The third kappa shape index (κ3) is 3.05. The second-order valence-electron chi connectivity index (χ2n) is 2.95. The Hall–Kier alpha value is -0.400. The van der Waals surface area contributed by atoms with E-state index in [0.29, 0.717) is 10.6 Å². The molecule has 1 heterocycles. The largest absolute Gasteiger partial charge is 0.422 e. The topological polar surface area (TPSA) is 26.3 Å². The Balaban J connectivity index is 2.10. The van der Waals surface area contributed by atoms with Gasteiger partial charge in [-0.2, -0.15) is 0 Å². The van der Waals surface area contributed by atoms with Crippen molar-refractivity contribution < 1.29 is 9.53 Å². The van der Waals surface area contributed by atoms with Gasteiger partial charge < -0.3 is 4.74 Å². The highest BCUT2D eigenvalue weighted by Crippen LogP contribution is 2.23. The molecule has 2 rings (SSSR count). The summed E-state index contributed by atoms with van der Waals surface area (Å²) in [5.41, 5.74) is 0. The first-order valence-corrected chi connectivity index (χ1v) is 7.07. The zero-order valence-corrected chi connectivity index (χ0v) is 12.5. The first-order chi connectivity index (χ1) is 7.65. The van der Waals surface area contributed by atoms with E-state index in [4.69, 9.17) is 4.74 Å². The number of esters is 1. The van der Waals surface area contributed by atoms with Crippen LogP contribution < -0.4 is 4.74 Å². The summed E-state index contributed by atoms with van der Waals surface area (Å²) in [5.74, 6) is 0.242. The molecular formula is C11H6BrIO2S. The predicted octanol–water partition coefficient (Wildman–Crippen LogP) is 4.33. The molecular weight excluding hydrogens is 403 g/mol. The molecule has 0 saturated heterocycles. The minimum atomic E-state index is -0.322. The smallest absolute Gasteiger partial charge is 0.353 e. The average molecular weight is 409 g/mol. The first kappa shape index (κ1) is 12.1. The summed E-state index contributed by atoms with van der Waals surface area (Å²) in [4.78, 5) is 12.3. The molecule has 0 aliphatic heterocycles. The molecule has 0 aliphatic carbocycles. The maximum absolute atomic E-state index is 11.7. The Kier molecular flexibility index (Phi) is 3.99. The fourth-order valence-electron chi connectivity index (χ4n) is 1.08. The second kappa shape index (κ2) is 5.29. The number of hydrogen-bond donors (Lipinski definition) is 0. The van der Waals surface area contributed by atoms with Crippen molar-refractivity contribution in [3.8, 4) is 5.75 Å². The molecule has 0 spiro atoms. The van der Waals surface area contributed by atoms with Crippen LogP contribution >= 0.6 is 49.9 Å². The van der Waals surface area contributed by atoms with Crippen LogP contribution in [0.4, 0.5) is 0 Å². The molecule has 16 heavy (non-hydrogen) atoms. The molecule has 0 radical (unpaired) electrons. The second-order valence-corrected chi connectivity index (χ2v) is 6.66. The van der Waals surface area contributed by atoms with E-state index in [2.05, 4.69) is 38.5 Å². The van der Waals surface area contributed by atoms with Gasteiger partial charge in [-0.15, -0.1) is 11.3 Å². The van der Waals surface area contributed by atoms with Gasteiger partial charge in [0, 0.05) is 3.57 Å². The molecule has 1 aromatic carbocycles. The molecule has 1 aromatic heterocycles. The monoisotopic (exact) mass is 408 g/mol. The summed E-state index contributed by atoms with van der Waals surface area (Å²) < 4.78 is 7.24. The summed E-state index contributed by atoms with van der Waals surface area (Å²) in [7, 11) is 0. The number of hydrogen-bond acceptors (Lipinski definition) is 3. The quantitative estimate of drug-likeness (QED) is 0.420. The van der Waals surface area contributed by atoms with Crippen LogP contribution in [0.15, 0.2) is 40.2 Å². The summed E-state index contributed by atoms with van der Waals surface area (Å²) in [6.45, 7) is 0. The van der Waals surface area contributed by atoms with Crippen molar-refractivity contribution in [1.82, 2.24) is 0 Å². The minimum absolute atomic E-state index is 0.322. The SMILES string of the molecule is O=C(Oc1ccc(I)cc1)c1ccc(Br)s1. The highest BCUT2D eigenvalue weighted by Gasteiger charge is 2.10. The number of halogens is 2. The van der Waals surface area contributed by atoms with Crippen LogP contribution in [0.1, 0.15) is 9.67 Å². The van der Waals surface area contributed by atoms with E-state index in [1.165, 1.54) is 11.3 Å². The Bertz CT molecular complexity index is 507. The van der Waals surface area contributed by atoms with Crippen LogP contribution in [0.2, 0.25) is 0 Å². The Morgan fingerprint density at radius 1 is 1.19 bits per heavy atom. The summed E-state index contributed by atoms with van der Waals surface area (Å²) in [6.07, 6.45) is 0. The van der Waals surface area contributed by atoms with Crippen molar-refractivity contribution in [1.29, 1.82) is 0 Å². The normalized spacial score (nSPS) is 10.1. The van der Waals surface area contributed by atoms with Crippen LogP contribution in [0.3, 0.4) is 0 Å². The number of benzene rings is 1. The number of carbonyl (C=O) groups excluding carboxylic acids is 1. The molecule has 0 N–H and O–H groups in total. The maximum Gasteiger partial charge on any atom is 0.353 e. The van der Waals surface area contributed by atoms with Gasteiger partial charge in [-0.1, -0.05) is 0 Å². The van der Waals surface area contributed by atoms with Crippen molar-refractivity contribution in [3.63, 3.8) is 0 Å². The predicted molar refractivity (Wildman–Crippen MR) is 76.1 cm³/mol. The lowest BCUT2D eigenvalue weighted by Gasteiger charge is -2.01. The zero-order chi connectivity index (χ0) is 11.5. The molecule has 2 nitrogen and oxygen atoms in total. The third-order valence-corrected chi connectivity index (χ3v) is 4.12. The highest BCUT2D eigenvalue weighted by atomic mass is 127. The van der Waals surface area contributed by atoms with Crippen molar-refractivity contribution in [3.05, 3.63) is 48.6 Å². The molecule has 0 unspecified atom stereocenters. The van der Waals surface area contributed by atoms with Crippen LogP contribution in [-0.4, -0.2) is 5.97 Å². The van der Waals surface area contributed by atoms with Gasteiger partial charge in [-0.05, 0) is 74.9 Å². The van der Waals surface area contributed by atoms with E-state index in [9.17, 15) is 4.79 Å². The molecule has 0 bridgehead atoms. The Morgan fingerprint density at radius 3 is 2.44 bits per heavy atom. The van der Waals surface area contributed by atoms with E-state index in [0.717, 1.165) is 7.36 Å². The van der Waals surface area contributed by atoms with Gasteiger partial charge in [0.25, 0.3) is 0 Å². The number of carbonyl (C=O) groups is 1. The van der Waals surface area contributed by atoms with Gasteiger partial charge >= 0.3 is 5.97 Å². The first-order valence-electron chi connectivity index (χ1n) is 4.38. The molecule has 5 heteroatoms. The van der Waals surface area contributed by atoms with Gasteiger partial charge in [0.05, 0.1) is 3.79 Å². The van der Waals surface area contributed by atoms with Crippen molar-refractivity contribution >= 4 is 55.8 Å².